The maximum Gasteiger partial charge on any atom is 0.135 e. The van der Waals surface area contributed by atoms with Gasteiger partial charge in [0.25, 0.3) is 0 Å². The van der Waals surface area contributed by atoms with Gasteiger partial charge in [0.15, 0.2) is 0 Å². The Morgan fingerprint density at radius 3 is 2.71 bits per heavy atom. The maximum atomic E-state index is 5.90. The first-order valence-corrected chi connectivity index (χ1v) is 5.76. The van der Waals surface area contributed by atoms with Crippen molar-refractivity contribution in [1.82, 2.24) is 9.97 Å². The monoisotopic (exact) mass is 231 g/mol. The number of hydrogen-bond donors (Lipinski definition) is 1. The molecule has 17 heavy (non-hydrogen) atoms. The molecule has 2 N–H and O–H groups in total. The molecule has 4 heteroatoms. The van der Waals surface area contributed by atoms with Crippen LogP contribution >= 0.6 is 0 Å². The van der Waals surface area contributed by atoms with Gasteiger partial charge in [-0.1, -0.05) is 13.3 Å². The van der Waals surface area contributed by atoms with E-state index < -0.39 is 0 Å². The van der Waals surface area contributed by atoms with E-state index in [4.69, 9.17) is 10.5 Å². The van der Waals surface area contributed by atoms with Crippen molar-refractivity contribution in [3.8, 4) is 5.75 Å². The molecule has 0 saturated heterocycles. The van der Waals surface area contributed by atoms with Crippen LogP contribution < -0.4 is 10.5 Å². The Balaban J connectivity index is 2.69. The van der Waals surface area contributed by atoms with Crippen LogP contribution in [0.1, 0.15) is 24.7 Å². The van der Waals surface area contributed by atoms with Crippen LogP contribution in [-0.2, 0) is 6.42 Å². The third-order valence-electron chi connectivity index (χ3n) is 2.76. The molecule has 0 saturated carbocycles. The third-order valence-corrected chi connectivity index (χ3v) is 2.76. The molecule has 1 aromatic carbocycles. The molecule has 0 unspecified atom stereocenters. The van der Waals surface area contributed by atoms with Gasteiger partial charge in [-0.25, -0.2) is 9.97 Å². The van der Waals surface area contributed by atoms with E-state index in [2.05, 4.69) is 16.9 Å². The van der Waals surface area contributed by atoms with E-state index in [1.165, 1.54) is 5.56 Å². The molecule has 2 rings (SSSR count). The SMILES string of the molecule is CCCc1cc2nc(C)nc(N)c2cc1OC. The van der Waals surface area contributed by atoms with Crippen LogP contribution in [0.3, 0.4) is 0 Å². The molecule has 0 radical (unpaired) electrons. The van der Waals surface area contributed by atoms with Crippen molar-refractivity contribution in [2.75, 3.05) is 12.8 Å². The van der Waals surface area contributed by atoms with Crippen LogP contribution in [-0.4, -0.2) is 17.1 Å². The average molecular weight is 231 g/mol. The fourth-order valence-corrected chi connectivity index (χ4v) is 2.00. The lowest BCUT2D eigenvalue weighted by molar-refractivity contribution is 0.410. The molecule has 2 aromatic rings. The number of nitrogens with zero attached hydrogens (tertiary/aromatic N) is 2. The maximum absolute atomic E-state index is 5.90. The predicted octanol–water partition coefficient (Wildman–Crippen LogP) is 2.48. The lowest BCUT2D eigenvalue weighted by atomic mass is 10.1. The Labute approximate surface area is 101 Å². The van der Waals surface area contributed by atoms with Gasteiger partial charge in [-0.2, -0.15) is 0 Å². The van der Waals surface area contributed by atoms with Crippen LogP contribution in [0, 0.1) is 6.92 Å². The molecule has 0 spiro atoms. The molecule has 0 aliphatic rings. The summed E-state index contributed by atoms with van der Waals surface area (Å²) >= 11 is 0. The number of aromatic nitrogens is 2. The average Bonchev–Trinajstić information content (AvgIpc) is 2.28. The summed E-state index contributed by atoms with van der Waals surface area (Å²) in [6, 6.07) is 3.97. The molecular formula is C13H17N3O. The molecule has 0 atom stereocenters. The van der Waals surface area contributed by atoms with Crippen molar-refractivity contribution in [3.05, 3.63) is 23.5 Å². The lowest BCUT2D eigenvalue weighted by Crippen LogP contribution is -2.00. The Morgan fingerprint density at radius 1 is 1.29 bits per heavy atom. The van der Waals surface area contributed by atoms with Crippen molar-refractivity contribution in [3.63, 3.8) is 0 Å². The summed E-state index contributed by atoms with van der Waals surface area (Å²) in [5.74, 6) is 2.06. The number of nitrogen functional groups attached to an aromatic ring is 1. The molecule has 1 aromatic heterocycles. The topological polar surface area (TPSA) is 61.0 Å². The van der Waals surface area contributed by atoms with Gasteiger partial charge in [-0.05, 0) is 31.0 Å². The fourth-order valence-electron chi connectivity index (χ4n) is 2.00. The summed E-state index contributed by atoms with van der Waals surface area (Å²) in [5.41, 5.74) is 7.95. The second-order valence-electron chi connectivity index (χ2n) is 4.09. The first kappa shape index (κ1) is 11.6. The van der Waals surface area contributed by atoms with Crippen molar-refractivity contribution in [1.29, 1.82) is 0 Å². The fraction of sp³-hybridized carbons (Fsp3) is 0.385. The number of ether oxygens (including phenoxy) is 1. The van der Waals surface area contributed by atoms with Crippen LogP contribution in [0.2, 0.25) is 0 Å². The van der Waals surface area contributed by atoms with Crippen LogP contribution in [0.5, 0.6) is 5.75 Å². The van der Waals surface area contributed by atoms with Gasteiger partial charge in [-0.3, -0.25) is 0 Å². The van der Waals surface area contributed by atoms with Crippen LogP contribution in [0.4, 0.5) is 5.82 Å². The molecule has 0 aliphatic carbocycles. The van der Waals surface area contributed by atoms with Crippen molar-refractivity contribution in [2.24, 2.45) is 0 Å². The molecule has 1 heterocycles. The largest absolute Gasteiger partial charge is 0.496 e. The van der Waals surface area contributed by atoms with Crippen molar-refractivity contribution >= 4 is 16.7 Å². The van der Waals surface area contributed by atoms with E-state index in [1.807, 2.05) is 19.1 Å². The smallest absolute Gasteiger partial charge is 0.135 e. The van der Waals surface area contributed by atoms with Crippen molar-refractivity contribution in [2.45, 2.75) is 26.7 Å². The van der Waals surface area contributed by atoms with Gasteiger partial charge >= 0.3 is 0 Å². The molecule has 0 aliphatic heterocycles. The van der Waals surface area contributed by atoms with Gasteiger partial charge in [-0.15, -0.1) is 0 Å². The molecule has 90 valence electrons. The number of fused-ring (bicyclic) bond motifs is 1. The van der Waals surface area contributed by atoms with Gasteiger partial charge in [0, 0.05) is 5.39 Å². The molecule has 4 nitrogen and oxygen atoms in total. The predicted molar refractivity (Wildman–Crippen MR) is 69.2 cm³/mol. The van der Waals surface area contributed by atoms with Gasteiger partial charge in [0.05, 0.1) is 12.6 Å². The number of benzene rings is 1. The van der Waals surface area contributed by atoms with E-state index >= 15 is 0 Å². The third kappa shape index (κ3) is 2.16. The summed E-state index contributed by atoms with van der Waals surface area (Å²) in [5, 5.41) is 0.854. The van der Waals surface area contributed by atoms with Gasteiger partial charge < -0.3 is 10.5 Å². The Morgan fingerprint density at radius 2 is 2.06 bits per heavy atom. The minimum atomic E-state index is 0.508. The number of aryl methyl sites for hydroxylation is 2. The van der Waals surface area contributed by atoms with E-state index in [9.17, 15) is 0 Å². The first-order valence-electron chi connectivity index (χ1n) is 5.76. The minimum absolute atomic E-state index is 0.508. The zero-order valence-corrected chi connectivity index (χ0v) is 10.4. The van der Waals surface area contributed by atoms with Gasteiger partial charge in [0.2, 0.25) is 0 Å². The normalized spacial score (nSPS) is 10.8. The first-order chi connectivity index (χ1) is 8.15. The zero-order valence-electron chi connectivity index (χ0n) is 10.4. The number of methoxy groups -OCH3 is 1. The highest BCUT2D eigenvalue weighted by molar-refractivity contribution is 5.90. The van der Waals surface area contributed by atoms with E-state index in [0.29, 0.717) is 11.6 Å². The quantitative estimate of drug-likeness (QED) is 0.881. The van der Waals surface area contributed by atoms with E-state index in [0.717, 1.165) is 29.5 Å². The Bertz CT molecular complexity index is 552. The summed E-state index contributed by atoms with van der Waals surface area (Å²) in [6.45, 7) is 3.99. The highest BCUT2D eigenvalue weighted by Gasteiger charge is 2.09. The molecule has 0 bridgehead atoms. The number of rotatable bonds is 3. The molecule has 0 amide bonds. The molecular weight excluding hydrogens is 214 g/mol. The standard InChI is InChI=1S/C13H17N3O/c1-4-5-9-6-11-10(7-12(9)17-3)13(14)16-8(2)15-11/h6-7H,4-5H2,1-3H3,(H2,14,15,16). The summed E-state index contributed by atoms with van der Waals surface area (Å²) in [4.78, 5) is 8.57. The van der Waals surface area contributed by atoms with Crippen LogP contribution in [0.25, 0.3) is 10.9 Å². The second kappa shape index (κ2) is 4.57. The Kier molecular flexibility index (Phi) is 3.13. The highest BCUT2D eigenvalue weighted by atomic mass is 16.5. The summed E-state index contributed by atoms with van der Waals surface area (Å²) < 4.78 is 5.38. The van der Waals surface area contributed by atoms with Gasteiger partial charge in [0.1, 0.15) is 17.4 Å². The summed E-state index contributed by atoms with van der Waals surface area (Å²) in [7, 11) is 1.67. The Hall–Kier alpha value is -1.84. The van der Waals surface area contributed by atoms with E-state index in [1.54, 1.807) is 7.11 Å². The zero-order chi connectivity index (χ0) is 12.4. The second-order valence-corrected chi connectivity index (χ2v) is 4.09. The number of hydrogen-bond acceptors (Lipinski definition) is 4. The highest BCUT2D eigenvalue weighted by Crippen LogP contribution is 2.28. The minimum Gasteiger partial charge on any atom is -0.496 e. The molecule has 0 fully saturated rings. The lowest BCUT2D eigenvalue weighted by Gasteiger charge is -2.10. The van der Waals surface area contributed by atoms with E-state index in [-0.39, 0.29) is 0 Å². The number of anilines is 1. The number of nitrogens with two attached hydrogens (primary N) is 1. The summed E-state index contributed by atoms with van der Waals surface area (Å²) in [6.07, 6.45) is 2.05. The van der Waals surface area contributed by atoms with Crippen LogP contribution in [0.15, 0.2) is 12.1 Å². The van der Waals surface area contributed by atoms with Crippen molar-refractivity contribution < 1.29 is 4.74 Å².